The Balaban J connectivity index is 1.61. The van der Waals surface area contributed by atoms with E-state index in [9.17, 15) is 9.90 Å². The van der Waals surface area contributed by atoms with Crippen LogP contribution in [0.3, 0.4) is 0 Å². The second-order valence-electron chi connectivity index (χ2n) is 5.83. The van der Waals surface area contributed by atoms with E-state index in [1.807, 2.05) is 50.4 Å². The Labute approximate surface area is 144 Å². The molecule has 0 bridgehead atoms. The van der Waals surface area contributed by atoms with Gasteiger partial charge in [0.2, 0.25) is 0 Å². The lowest BCUT2D eigenvalue weighted by Crippen LogP contribution is -2.27. The monoisotopic (exact) mass is 344 g/mol. The van der Waals surface area contributed by atoms with Crippen LogP contribution in [-0.2, 0) is 0 Å². The number of ether oxygens (including phenoxy) is 1. The van der Waals surface area contributed by atoms with E-state index in [1.165, 1.54) is 11.3 Å². The summed E-state index contributed by atoms with van der Waals surface area (Å²) in [4.78, 5) is 15.9. The number of carbonyl (C=O) groups is 1. The maximum Gasteiger partial charge on any atom is 0.261 e. The zero-order chi connectivity index (χ0) is 17.1. The van der Waals surface area contributed by atoms with Crippen molar-refractivity contribution in [2.75, 3.05) is 6.54 Å². The minimum absolute atomic E-state index is 0.0699. The van der Waals surface area contributed by atoms with Gasteiger partial charge in [-0.1, -0.05) is 12.1 Å². The minimum atomic E-state index is -0.783. The summed E-state index contributed by atoms with van der Waals surface area (Å²) >= 11 is 1.42. The Morgan fingerprint density at radius 1 is 1.33 bits per heavy atom. The van der Waals surface area contributed by atoms with Crippen LogP contribution in [0.15, 0.2) is 42.6 Å². The predicted molar refractivity (Wildman–Crippen MR) is 95.7 cm³/mol. The number of aromatic nitrogens is 1. The highest BCUT2D eigenvalue weighted by Crippen LogP contribution is 2.24. The minimum Gasteiger partial charge on any atom is -0.491 e. The van der Waals surface area contributed by atoms with E-state index in [0.29, 0.717) is 16.2 Å². The number of thiophene rings is 1. The van der Waals surface area contributed by atoms with Gasteiger partial charge in [0.25, 0.3) is 5.91 Å². The lowest BCUT2D eigenvalue weighted by Gasteiger charge is -2.15. The van der Waals surface area contributed by atoms with Gasteiger partial charge in [-0.3, -0.25) is 4.79 Å². The van der Waals surface area contributed by atoms with Gasteiger partial charge in [-0.15, -0.1) is 11.3 Å². The summed E-state index contributed by atoms with van der Waals surface area (Å²) in [6.07, 6.45) is 1.13. The van der Waals surface area contributed by atoms with Crippen molar-refractivity contribution in [1.29, 1.82) is 0 Å². The number of nitrogens with one attached hydrogen (secondary N) is 2. The highest BCUT2D eigenvalue weighted by Gasteiger charge is 2.14. The van der Waals surface area contributed by atoms with E-state index in [4.69, 9.17) is 4.74 Å². The van der Waals surface area contributed by atoms with E-state index in [-0.39, 0.29) is 18.6 Å². The molecule has 24 heavy (non-hydrogen) atoms. The number of H-pyrrole nitrogens is 1. The third-order valence-corrected chi connectivity index (χ3v) is 4.63. The quantitative estimate of drug-likeness (QED) is 0.641. The molecule has 0 fully saturated rings. The largest absolute Gasteiger partial charge is 0.491 e. The third-order valence-electron chi connectivity index (χ3n) is 3.53. The number of hydrogen-bond acceptors (Lipinski definition) is 4. The van der Waals surface area contributed by atoms with Crippen molar-refractivity contribution < 1.29 is 14.6 Å². The number of aliphatic hydroxyl groups excluding tert-OH is 1. The second kappa shape index (κ2) is 7.07. The number of rotatable bonds is 6. The molecule has 1 amide bonds. The molecule has 3 rings (SSSR count). The van der Waals surface area contributed by atoms with E-state index in [0.717, 1.165) is 10.2 Å². The first kappa shape index (κ1) is 16.5. The van der Waals surface area contributed by atoms with Gasteiger partial charge in [-0.05, 0) is 43.7 Å². The molecule has 1 atom stereocenters. The Morgan fingerprint density at radius 3 is 2.92 bits per heavy atom. The molecule has 0 spiro atoms. The fourth-order valence-corrected chi connectivity index (χ4v) is 3.36. The lowest BCUT2D eigenvalue weighted by molar-refractivity contribution is 0.0920. The first-order valence-corrected chi connectivity index (χ1v) is 8.64. The van der Waals surface area contributed by atoms with Crippen LogP contribution in [0, 0.1) is 0 Å². The van der Waals surface area contributed by atoms with Crippen LogP contribution in [0.2, 0.25) is 0 Å². The molecule has 0 radical (unpaired) electrons. The van der Waals surface area contributed by atoms with Gasteiger partial charge in [-0.25, -0.2) is 0 Å². The van der Waals surface area contributed by atoms with Crippen LogP contribution in [0.25, 0.3) is 10.2 Å². The maximum atomic E-state index is 12.2. The first-order chi connectivity index (χ1) is 11.5. The molecule has 0 unspecified atom stereocenters. The normalized spacial score (nSPS) is 12.5. The maximum absolute atomic E-state index is 12.2. The van der Waals surface area contributed by atoms with Crippen molar-refractivity contribution >= 4 is 27.5 Å². The molecule has 0 aliphatic heterocycles. The summed E-state index contributed by atoms with van der Waals surface area (Å²) in [5.74, 6) is 0.527. The fraction of sp³-hybridized carbons (Fsp3) is 0.278. The Morgan fingerprint density at radius 2 is 2.17 bits per heavy atom. The topological polar surface area (TPSA) is 74.3 Å². The smallest absolute Gasteiger partial charge is 0.261 e. The van der Waals surface area contributed by atoms with Gasteiger partial charge in [0.1, 0.15) is 5.75 Å². The molecule has 3 aromatic rings. The molecule has 2 aromatic heterocycles. The van der Waals surface area contributed by atoms with Crippen molar-refractivity contribution in [3.05, 3.63) is 53.0 Å². The van der Waals surface area contributed by atoms with Crippen molar-refractivity contribution in [2.24, 2.45) is 0 Å². The molecule has 126 valence electrons. The van der Waals surface area contributed by atoms with Crippen molar-refractivity contribution in [3.63, 3.8) is 0 Å². The lowest BCUT2D eigenvalue weighted by atomic mass is 10.1. The third kappa shape index (κ3) is 3.77. The summed E-state index contributed by atoms with van der Waals surface area (Å²) in [5, 5.41) is 13.1. The SMILES string of the molecule is CC(C)Oc1cccc([C@H](O)CNC(=O)c2cc3[nH]ccc3s2)c1. The molecule has 0 saturated carbocycles. The van der Waals surface area contributed by atoms with Gasteiger partial charge in [-0.2, -0.15) is 0 Å². The molecule has 0 saturated heterocycles. The average Bonchev–Trinajstić information content (AvgIpc) is 3.13. The Hall–Kier alpha value is -2.31. The van der Waals surface area contributed by atoms with Crippen molar-refractivity contribution in [1.82, 2.24) is 10.3 Å². The molecule has 2 heterocycles. The molecule has 1 aromatic carbocycles. The number of aromatic amines is 1. The summed E-state index contributed by atoms with van der Waals surface area (Å²) in [6, 6.07) is 11.1. The standard InChI is InChI=1S/C18H20N2O3S/c1-11(2)23-13-5-3-4-12(8-13)15(21)10-20-18(22)17-9-14-16(24-17)6-7-19-14/h3-9,11,15,19,21H,10H2,1-2H3,(H,20,22)/t15-/m1/s1. The van der Waals surface area contributed by atoms with Crippen LogP contribution in [0.4, 0.5) is 0 Å². The fourth-order valence-electron chi connectivity index (χ4n) is 2.42. The van der Waals surface area contributed by atoms with Crippen molar-refractivity contribution in [2.45, 2.75) is 26.1 Å². The van der Waals surface area contributed by atoms with E-state index >= 15 is 0 Å². The molecule has 5 nitrogen and oxygen atoms in total. The number of fused-ring (bicyclic) bond motifs is 1. The van der Waals surface area contributed by atoms with Crippen molar-refractivity contribution in [3.8, 4) is 5.75 Å². The van der Waals surface area contributed by atoms with Gasteiger partial charge in [0.15, 0.2) is 0 Å². The highest BCUT2D eigenvalue weighted by atomic mass is 32.1. The van der Waals surface area contributed by atoms with Crippen LogP contribution in [-0.4, -0.2) is 28.6 Å². The molecule has 0 aliphatic carbocycles. The highest BCUT2D eigenvalue weighted by molar-refractivity contribution is 7.20. The average molecular weight is 344 g/mol. The number of benzene rings is 1. The number of hydrogen-bond donors (Lipinski definition) is 3. The summed E-state index contributed by atoms with van der Waals surface area (Å²) in [5.41, 5.74) is 1.66. The van der Waals surface area contributed by atoms with E-state index < -0.39 is 6.10 Å². The van der Waals surface area contributed by atoms with Crippen LogP contribution >= 0.6 is 11.3 Å². The van der Waals surface area contributed by atoms with Gasteiger partial charge in [0, 0.05) is 12.7 Å². The van der Waals surface area contributed by atoms with Crippen LogP contribution in [0.5, 0.6) is 5.75 Å². The zero-order valence-electron chi connectivity index (χ0n) is 13.6. The molecular weight excluding hydrogens is 324 g/mol. The van der Waals surface area contributed by atoms with E-state index in [1.54, 1.807) is 6.07 Å². The second-order valence-corrected chi connectivity index (χ2v) is 6.91. The summed E-state index contributed by atoms with van der Waals surface area (Å²) in [6.45, 7) is 4.05. The predicted octanol–water partition coefficient (Wildman–Crippen LogP) is 3.48. The van der Waals surface area contributed by atoms with Gasteiger partial charge < -0.3 is 20.1 Å². The van der Waals surface area contributed by atoms with E-state index in [2.05, 4.69) is 10.3 Å². The number of aliphatic hydroxyl groups is 1. The number of carbonyl (C=O) groups excluding carboxylic acids is 1. The summed E-state index contributed by atoms with van der Waals surface area (Å²) < 4.78 is 6.67. The molecule has 6 heteroatoms. The number of amides is 1. The zero-order valence-corrected chi connectivity index (χ0v) is 14.4. The molecule has 3 N–H and O–H groups in total. The Kier molecular flexibility index (Phi) is 4.87. The van der Waals surface area contributed by atoms with Gasteiger partial charge >= 0.3 is 0 Å². The first-order valence-electron chi connectivity index (χ1n) is 7.82. The molecular formula is C18H20N2O3S. The Bertz CT molecular complexity index is 809. The van der Waals surface area contributed by atoms with Crippen LogP contribution in [0.1, 0.15) is 35.2 Å². The summed E-state index contributed by atoms with van der Waals surface area (Å²) in [7, 11) is 0. The molecule has 0 aliphatic rings. The van der Waals surface area contributed by atoms with Gasteiger partial charge in [0.05, 0.1) is 27.3 Å². The van der Waals surface area contributed by atoms with Crippen LogP contribution < -0.4 is 10.1 Å².